The molecule has 0 aliphatic heterocycles. The van der Waals surface area contributed by atoms with Crippen LogP contribution in [0.25, 0.3) is 0 Å². The number of H-pyrrole nitrogens is 1. The van der Waals surface area contributed by atoms with Gasteiger partial charge in [-0.3, -0.25) is 47.9 Å². The van der Waals surface area contributed by atoms with Crippen LogP contribution in [-0.4, -0.2) is 163 Å². The maximum Gasteiger partial charge on any atom is 0.326 e. The van der Waals surface area contributed by atoms with E-state index in [-0.39, 0.29) is 101 Å². The van der Waals surface area contributed by atoms with E-state index in [2.05, 4.69) is 58.9 Å². The number of carboxylic acid groups (broad SMARTS) is 2. The van der Waals surface area contributed by atoms with Gasteiger partial charge in [-0.2, -0.15) is 5.21 Å². The van der Waals surface area contributed by atoms with Crippen molar-refractivity contribution in [1.29, 1.82) is 0 Å². The highest BCUT2D eigenvalue weighted by molar-refractivity contribution is 7.90. The van der Waals surface area contributed by atoms with Gasteiger partial charge in [0.1, 0.15) is 30.3 Å². The summed E-state index contributed by atoms with van der Waals surface area (Å²) in [5, 5.41) is 46.5. The number of ketones is 2. The number of aliphatic carboxylic acids is 2. The Morgan fingerprint density at radius 1 is 0.584 bits per heavy atom. The van der Waals surface area contributed by atoms with Crippen LogP contribution >= 0.6 is 0 Å². The van der Waals surface area contributed by atoms with E-state index in [1.807, 2.05) is 19.1 Å². The van der Waals surface area contributed by atoms with E-state index in [1.54, 1.807) is 12.1 Å². The Labute approximate surface area is 525 Å². The zero-order valence-electron chi connectivity index (χ0n) is 52.8. The predicted molar refractivity (Wildman–Crippen MR) is 334 cm³/mol. The van der Waals surface area contributed by atoms with E-state index in [0.717, 1.165) is 69.4 Å². The number of unbranched alkanes of at least 4 members (excludes halogenated alkanes) is 13. The molecule has 0 bridgehead atoms. The second-order valence-corrected chi connectivity index (χ2v) is 23.9. The van der Waals surface area contributed by atoms with E-state index in [1.165, 1.54) is 52.1 Å². The summed E-state index contributed by atoms with van der Waals surface area (Å²) in [5.74, 6) is -6.74. The average molecular weight is 1280 g/mol. The largest absolute Gasteiger partial charge is 0.481 e. The predicted octanol–water partition coefficient (Wildman–Crippen LogP) is 5.92. The molecule has 0 spiro atoms. The number of methoxy groups -OCH3 is 1. The highest BCUT2D eigenvalue weighted by atomic mass is 32.2. The molecule has 28 heteroatoms. The third kappa shape index (κ3) is 44.2. The van der Waals surface area contributed by atoms with Crippen LogP contribution in [-0.2, 0) is 69.1 Å². The second kappa shape index (κ2) is 50.9. The Bertz CT molecular complexity index is 2470. The first-order chi connectivity index (χ1) is 42.7. The number of benzene rings is 1. The summed E-state index contributed by atoms with van der Waals surface area (Å²) in [6, 6.07) is 5.29. The highest BCUT2D eigenvalue weighted by Crippen LogP contribution is 2.17. The van der Waals surface area contributed by atoms with Crippen LogP contribution in [0, 0.1) is 5.92 Å². The van der Waals surface area contributed by atoms with Gasteiger partial charge in [0, 0.05) is 103 Å². The number of carbonyl (C=O) groups is 10. The molecular weight excluding hydrogens is 1170 g/mol. The van der Waals surface area contributed by atoms with Crippen LogP contribution in [0.2, 0.25) is 0 Å². The summed E-state index contributed by atoms with van der Waals surface area (Å²) >= 11 is 0. The number of carbonyl (C=O) groups excluding carboxylic acids is 8. The third-order valence-electron chi connectivity index (χ3n) is 14.1. The second-order valence-electron chi connectivity index (χ2n) is 22.1. The smallest absolute Gasteiger partial charge is 0.326 e. The zero-order valence-corrected chi connectivity index (χ0v) is 53.7. The van der Waals surface area contributed by atoms with Gasteiger partial charge in [-0.25, -0.2) is 13.2 Å². The first-order valence-corrected chi connectivity index (χ1v) is 33.4. The van der Waals surface area contributed by atoms with Crippen LogP contribution in [0.4, 0.5) is 5.69 Å². The standard InChI is InChI=1S/C40H69N7O12S.C21H34N4O4/c1-59-28-16-19-32(48)24-25-34(40(55)56)42-37(51)26-23-31(39(53)54)30-33(49)18-15-27-41-36(50)22-17-29-60(57,58)45-38(52)21-14-12-10-8-6-4-2-3-5-7-9-11-13-20-35-43-46-47-44-35;1-3-12-23-17-10-8-16(9-11-17)21(28)24-13-6-5-7-18(20(22)27)25-19(26)15-29-14-4-2/h31,34H,2-30H2,1H3,(H,41,50)(H,42,51)(H,45,52)(H,53,54)(H,55,56)(H,43,44,46,47);8-11,18,23H,3-7,12-15H2,1-2H3,(H2,22,27)(H,24,28)(H,25,26)/t31-,34?;18-/m10/s1. The van der Waals surface area contributed by atoms with Crippen molar-refractivity contribution in [2.45, 2.75) is 225 Å². The number of ether oxygens (including phenoxy) is 2. The topological polar surface area (TPSA) is 416 Å². The lowest BCUT2D eigenvalue weighted by Crippen LogP contribution is -2.45. The molecule has 504 valence electrons. The monoisotopic (exact) mass is 1280 g/mol. The van der Waals surface area contributed by atoms with Gasteiger partial charge < -0.3 is 52.0 Å². The minimum absolute atomic E-state index is 0.00985. The number of Topliss-reactive ketones (excluding diaryl/α,β-unsaturated/α-hetero) is 2. The number of sulfonamides is 1. The fraction of sp³-hybridized carbons (Fsp3) is 0.721. The molecule has 0 radical (unpaired) electrons. The number of primary amides is 1. The molecule has 89 heavy (non-hydrogen) atoms. The molecule has 0 saturated carbocycles. The Hall–Kier alpha value is -6.94. The average Bonchev–Trinajstić information content (AvgIpc) is 4.20. The van der Waals surface area contributed by atoms with Gasteiger partial charge in [-0.1, -0.05) is 89.7 Å². The van der Waals surface area contributed by atoms with Crippen molar-refractivity contribution in [2.75, 3.05) is 57.6 Å². The highest BCUT2D eigenvalue weighted by Gasteiger charge is 2.26. The number of carboxylic acids is 2. The van der Waals surface area contributed by atoms with Gasteiger partial charge in [-0.05, 0) is 101 Å². The number of anilines is 1. The van der Waals surface area contributed by atoms with Crippen molar-refractivity contribution in [3.63, 3.8) is 0 Å². The lowest BCUT2D eigenvalue weighted by molar-refractivity contribution is -0.145. The van der Waals surface area contributed by atoms with Crippen molar-refractivity contribution in [3.05, 3.63) is 35.7 Å². The lowest BCUT2D eigenvalue weighted by Gasteiger charge is -2.16. The van der Waals surface area contributed by atoms with Crippen molar-refractivity contribution >= 4 is 74.7 Å². The Kier molecular flexibility index (Phi) is 45.8. The molecule has 1 unspecified atom stereocenters. The molecule has 0 aliphatic rings. The van der Waals surface area contributed by atoms with E-state index in [4.69, 9.17) is 15.2 Å². The van der Waals surface area contributed by atoms with E-state index < -0.39 is 75.1 Å². The van der Waals surface area contributed by atoms with Gasteiger partial charge in [-0.15, -0.1) is 10.2 Å². The van der Waals surface area contributed by atoms with Gasteiger partial charge in [0.05, 0.1) is 11.7 Å². The van der Waals surface area contributed by atoms with Gasteiger partial charge in [0.25, 0.3) is 5.91 Å². The van der Waals surface area contributed by atoms with Crippen molar-refractivity contribution in [3.8, 4) is 0 Å². The Morgan fingerprint density at radius 3 is 1.80 bits per heavy atom. The Balaban J connectivity index is 0.00000114. The number of aromatic amines is 1. The summed E-state index contributed by atoms with van der Waals surface area (Å²) in [6.45, 7) is 6.32. The lowest BCUT2D eigenvalue weighted by atomic mass is 9.95. The number of nitrogens with one attached hydrogen (secondary N) is 7. The van der Waals surface area contributed by atoms with E-state index in [0.29, 0.717) is 57.4 Å². The molecule has 0 saturated heterocycles. The number of amides is 6. The molecule has 0 fully saturated rings. The van der Waals surface area contributed by atoms with Crippen LogP contribution in [0.1, 0.15) is 223 Å². The third-order valence-corrected chi connectivity index (χ3v) is 15.5. The normalized spacial score (nSPS) is 12.1. The number of hydrogen-bond acceptors (Lipinski definition) is 18. The van der Waals surface area contributed by atoms with Gasteiger partial charge >= 0.3 is 11.9 Å². The summed E-state index contributed by atoms with van der Waals surface area (Å²) in [6.07, 6.45) is 18.6. The van der Waals surface area contributed by atoms with Crippen molar-refractivity contribution < 1.29 is 76.0 Å². The maximum atomic E-state index is 12.4. The summed E-state index contributed by atoms with van der Waals surface area (Å²) in [4.78, 5) is 120. The number of hydrogen-bond donors (Lipinski definition) is 10. The van der Waals surface area contributed by atoms with Crippen molar-refractivity contribution in [1.82, 2.24) is 46.6 Å². The summed E-state index contributed by atoms with van der Waals surface area (Å²) < 4.78 is 36.7. The molecule has 6 amide bonds. The SMILES string of the molecule is CCCNc1ccc(C(=O)NCCCC[C@H](NC(=O)COCCC)C(N)=O)cc1.COCCCC(=O)CCC(NC(=O)CC[C@H](CC(=O)CCCNC(=O)CCCS(=O)(=O)NC(=O)CCCCCCCCCCCCCCCc1nn[nH]n1)C(=O)O)C(=O)O. The van der Waals surface area contributed by atoms with Crippen LogP contribution in [0.3, 0.4) is 0 Å². The molecular formula is C61H103N11O16S. The molecule has 11 N–H and O–H groups in total. The first kappa shape index (κ1) is 80.1. The van der Waals surface area contributed by atoms with E-state index in [9.17, 15) is 66.6 Å². The summed E-state index contributed by atoms with van der Waals surface area (Å²) in [7, 11) is -2.39. The number of nitrogens with two attached hydrogens (primary N) is 1. The molecule has 3 atom stereocenters. The molecule has 2 rings (SSSR count). The number of rotatable bonds is 55. The molecule has 27 nitrogen and oxygen atoms in total. The molecule has 0 aliphatic carbocycles. The van der Waals surface area contributed by atoms with Crippen LogP contribution < -0.4 is 37.0 Å². The fourth-order valence-electron chi connectivity index (χ4n) is 9.08. The molecule has 2 aromatic rings. The number of aromatic nitrogens is 4. The Morgan fingerprint density at radius 2 is 1.20 bits per heavy atom. The van der Waals surface area contributed by atoms with E-state index >= 15 is 0 Å². The van der Waals surface area contributed by atoms with Crippen molar-refractivity contribution in [2.24, 2.45) is 11.7 Å². The fourth-order valence-corrected chi connectivity index (χ4v) is 10.2. The molecule has 1 heterocycles. The number of nitrogens with zero attached hydrogens (tertiary/aromatic N) is 3. The van der Waals surface area contributed by atoms with Crippen LogP contribution in [0.5, 0.6) is 0 Å². The quantitative estimate of drug-likeness (QED) is 0.0344. The summed E-state index contributed by atoms with van der Waals surface area (Å²) in [5.41, 5.74) is 6.94. The van der Waals surface area contributed by atoms with Gasteiger partial charge in [0.2, 0.25) is 39.6 Å². The van der Waals surface area contributed by atoms with Gasteiger partial charge in [0.15, 0.2) is 5.82 Å². The van der Waals surface area contributed by atoms with Crippen LogP contribution in [0.15, 0.2) is 24.3 Å². The first-order valence-electron chi connectivity index (χ1n) is 31.8. The minimum Gasteiger partial charge on any atom is -0.481 e. The molecule has 1 aromatic carbocycles. The molecule has 1 aromatic heterocycles. The number of aryl methyl sites for hydroxylation is 1. The minimum atomic E-state index is -3.89. The maximum absolute atomic E-state index is 12.4. The zero-order chi connectivity index (χ0) is 65.9. The number of tetrazole rings is 1.